The molecule has 1 aliphatic rings. The van der Waals surface area contributed by atoms with Crippen molar-refractivity contribution in [3.05, 3.63) is 23.9 Å². The molecule has 2 heterocycles. The Kier molecular flexibility index (Phi) is 4.99. The van der Waals surface area contributed by atoms with Crippen LogP contribution in [-0.2, 0) is 4.79 Å². The summed E-state index contributed by atoms with van der Waals surface area (Å²) in [5.74, 6) is 1.90. The number of piperidine rings is 1. The number of nitrogens with zero attached hydrogens (tertiary/aromatic N) is 2. The summed E-state index contributed by atoms with van der Waals surface area (Å²) in [7, 11) is 0. The van der Waals surface area contributed by atoms with Crippen LogP contribution in [0, 0.1) is 18.8 Å². The molecule has 20 heavy (non-hydrogen) atoms. The van der Waals surface area contributed by atoms with E-state index in [0.29, 0.717) is 5.92 Å². The minimum absolute atomic E-state index is 0.0758. The Morgan fingerprint density at radius 3 is 2.65 bits per heavy atom. The lowest BCUT2D eigenvalue weighted by atomic mass is 9.96. The molecule has 0 unspecified atom stereocenters. The van der Waals surface area contributed by atoms with Gasteiger partial charge >= 0.3 is 0 Å². The van der Waals surface area contributed by atoms with E-state index in [1.54, 1.807) is 0 Å². The standard InChI is InChI=1S/C16H25N3O/c1-12(2)16(20)18-11-14-6-8-19(9-7-14)15-5-4-13(3)10-17-15/h4-5,10,12,14H,6-9,11H2,1-3H3,(H,18,20). The summed E-state index contributed by atoms with van der Waals surface area (Å²) < 4.78 is 0. The normalized spacial score (nSPS) is 16.5. The third-order valence-electron chi connectivity index (χ3n) is 3.92. The Morgan fingerprint density at radius 2 is 2.10 bits per heavy atom. The highest BCUT2D eigenvalue weighted by atomic mass is 16.1. The van der Waals surface area contributed by atoms with Gasteiger partial charge in [0, 0.05) is 31.7 Å². The lowest BCUT2D eigenvalue weighted by Crippen LogP contribution is -2.39. The highest BCUT2D eigenvalue weighted by Crippen LogP contribution is 2.21. The van der Waals surface area contributed by atoms with Crippen LogP contribution in [0.2, 0.25) is 0 Å². The second kappa shape index (κ2) is 6.73. The Bertz CT molecular complexity index is 434. The molecule has 0 aromatic carbocycles. The minimum Gasteiger partial charge on any atom is -0.357 e. The van der Waals surface area contributed by atoms with Crippen molar-refractivity contribution in [2.45, 2.75) is 33.6 Å². The molecular formula is C16H25N3O. The molecule has 0 spiro atoms. The van der Waals surface area contributed by atoms with Crippen molar-refractivity contribution >= 4 is 11.7 Å². The predicted octanol–water partition coefficient (Wildman–Crippen LogP) is 2.38. The van der Waals surface area contributed by atoms with E-state index in [1.165, 1.54) is 5.56 Å². The molecule has 1 fully saturated rings. The first kappa shape index (κ1) is 14.8. The average Bonchev–Trinajstić information content (AvgIpc) is 2.46. The summed E-state index contributed by atoms with van der Waals surface area (Å²) in [6, 6.07) is 4.20. The summed E-state index contributed by atoms with van der Waals surface area (Å²) in [5, 5.41) is 3.04. The topological polar surface area (TPSA) is 45.2 Å². The number of carbonyl (C=O) groups excluding carboxylic acids is 1. The number of aryl methyl sites for hydroxylation is 1. The molecular weight excluding hydrogens is 250 g/mol. The zero-order valence-corrected chi connectivity index (χ0v) is 12.7. The summed E-state index contributed by atoms with van der Waals surface area (Å²) in [6.07, 6.45) is 4.16. The molecule has 1 aromatic heterocycles. The molecule has 1 aromatic rings. The van der Waals surface area contributed by atoms with Gasteiger partial charge < -0.3 is 10.2 Å². The van der Waals surface area contributed by atoms with Crippen molar-refractivity contribution in [1.82, 2.24) is 10.3 Å². The van der Waals surface area contributed by atoms with Crippen molar-refractivity contribution < 1.29 is 4.79 Å². The summed E-state index contributed by atoms with van der Waals surface area (Å²) >= 11 is 0. The zero-order chi connectivity index (χ0) is 14.5. The van der Waals surface area contributed by atoms with Crippen LogP contribution in [0.5, 0.6) is 0 Å². The molecule has 0 saturated carbocycles. The smallest absolute Gasteiger partial charge is 0.222 e. The second-order valence-corrected chi connectivity index (χ2v) is 6.02. The third-order valence-corrected chi connectivity index (χ3v) is 3.92. The SMILES string of the molecule is Cc1ccc(N2CCC(CNC(=O)C(C)C)CC2)nc1. The van der Waals surface area contributed by atoms with E-state index in [0.717, 1.165) is 38.3 Å². The quantitative estimate of drug-likeness (QED) is 0.917. The fourth-order valence-electron chi connectivity index (χ4n) is 2.46. The van der Waals surface area contributed by atoms with Crippen LogP contribution in [0.4, 0.5) is 5.82 Å². The Morgan fingerprint density at radius 1 is 1.40 bits per heavy atom. The minimum atomic E-state index is 0.0758. The number of hydrogen-bond donors (Lipinski definition) is 1. The fraction of sp³-hybridized carbons (Fsp3) is 0.625. The van der Waals surface area contributed by atoms with Gasteiger partial charge in [-0.1, -0.05) is 19.9 Å². The molecule has 4 heteroatoms. The number of pyridine rings is 1. The number of hydrogen-bond acceptors (Lipinski definition) is 3. The van der Waals surface area contributed by atoms with Crippen LogP contribution >= 0.6 is 0 Å². The van der Waals surface area contributed by atoms with E-state index in [1.807, 2.05) is 20.0 Å². The van der Waals surface area contributed by atoms with E-state index >= 15 is 0 Å². The lowest BCUT2D eigenvalue weighted by Gasteiger charge is -2.33. The van der Waals surface area contributed by atoms with Crippen LogP contribution < -0.4 is 10.2 Å². The second-order valence-electron chi connectivity index (χ2n) is 6.02. The first-order chi connectivity index (χ1) is 9.56. The van der Waals surface area contributed by atoms with Crippen LogP contribution in [-0.4, -0.2) is 30.5 Å². The van der Waals surface area contributed by atoms with Crippen LogP contribution in [0.1, 0.15) is 32.3 Å². The lowest BCUT2D eigenvalue weighted by molar-refractivity contribution is -0.124. The van der Waals surface area contributed by atoms with E-state index in [9.17, 15) is 4.79 Å². The first-order valence-electron chi connectivity index (χ1n) is 7.51. The molecule has 0 radical (unpaired) electrons. The summed E-state index contributed by atoms with van der Waals surface area (Å²) in [5.41, 5.74) is 1.19. The molecule has 1 saturated heterocycles. The van der Waals surface area contributed by atoms with Gasteiger partial charge in [0.1, 0.15) is 5.82 Å². The van der Waals surface area contributed by atoms with E-state index in [4.69, 9.17) is 0 Å². The van der Waals surface area contributed by atoms with Gasteiger partial charge in [0.15, 0.2) is 0 Å². The molecule has 1 aliphatic heterocycles. The maximum Gasteiger partial charge on any atom is 0.222 e. The largest absolute Gasteiger partial charge is 0.357 e. The average molecular weight is 275 g/mol. The van der Waals surface area contributed by atoms with Crippen molar-refractivity contribution in [2.75, 3.05) is 24.5 Å². The number of anilines is 1. The predicted molar refractivity (Wildman–Crippen MR) is 81.8 cm³/mol. The van der Waals surface area contributed by atoms with Crippen LogP contribution in [0.25, 0.3) is 0 Å². The molecule has 1 N–H and O–H groups in total. The molecule has 110 valence electrons. The zero-order valence-electron chi connectivity index (χ0n) is 12.7. The number of amides is 1. The maximum absolute atomic E-state index is 11.6. The van der Waals surface area contributed by atoms with E-state index in [-0.39, 0.29) is 11.8 Å². The molecule has 0 aliphatic carbocycles. The van der Waals surface area contributed by atoms with Gasteiger partial charge in [-0.05, 0) is 37.3 Å². The summed E-state index contributed by atoms with van der Waals surface area (Å²) in [4.78, 5) is 18.4. The molecule has 0 atom stereocenters. The highest BCUT2D eigenvalue weighted by molar-refractivity contribution is 5.77. The van der Waals surface area contributed by atoms with Gasteiger partial charge in [-0.15, -0.1) is 0 Å². The summed E-state index contributed by atoms with van der Waals surface area (Å²) in [6.45, 7) is 8.78. The third kappa shape index (κ3) is 3.95. The highest BCUT2D eigenvalue weighted by Gasteiger charge is 2.20. The number of aromatic nitrogens is 1. The molecule has 2 rings (SSSR count). The van der Waals surface area contributed by atoms with Gasteiger partial charge in [-0.2, -0.15) is 0 Å². The van der Waals surface area contributed by atoms with Crippen molar-refractivity contribution in [1.29, 1.82) is 0 Å². The number of rotatable bonds is 4. The maximum atomic E-state index is 11.6. The molecule has 0 bridgehead atoms. The molecule has 1 amide bonds. The fourth-order valence-corrected chi connectivity index (χ4v) is 2.46. The number of carbonyl (C=O) groups is 1. The Balaban J connectivity index is 1.77. The van der Waals surface area contributed by atoms with Gasteiger partial charge in [0.25, 0.3) is 0 Å². The van der Waals surface area contributed by atoms with Crippen molar-refractivity contribution in [3.8, 4) is 0 Å². The van der Waals surface area contributed by atoms with Gasteiger partial charge in [-0.25, -0.2) is 4.98 Å². The van der Waals surface area contributed by atoms with E-state index < -0.39 is 0 Å². The first-order valence-corrected chi connectivity index (χ1v) is 7.51. The number of nitrogens with one attached hydrogen (secondary N) is 1. The Labute approximate surface area is 121 Å². The van der Waals surface area contributed by atoms with Crippen molar-refractivity contribution in [2.24, 2.45) is 11.8 Å². The van der Waals surface area contributed by atoms with Crippen LogP contribution in [0.15, 0.2) is 18.3 Å². The van der Waals surface area contributed by atoms with Crippen molar-refractivity contribution in [3.63, 3.8) is 0 Å². The molecule has 4 nitrogen and oxygen atoms in total. The van der Waals surface area contributed by atoms with Gasteiger partial charge in [0.05, 0.1) is 0 Å². The van der Waals surface area contributed by atoms with E-state index in [2.05, 4.69) is 34.3 Å². The Hall–Kier alpha value is -1.58. The van der Waals surface area contributed by atoms with Crippen LogP contribution in [0.3, 0.4) is 0 Å². The monoisotopic (exact) mass is 275 g/mol. The van der Waals surface area contributed by atoms with Gasteiger partial charge in [0.2, 0.25) is 5.91 Å². The van der Waals surface area contributed by atoms with Gasteiger partial charge in [-0.3, -0.25) is 4.79 Å².